The molecule has 0 unspecified atom stereocenters. The molecule has 0 amide bonds. The molecule has 1 rings (SSSR count). The molecule has 0 aliphatic carbocycles. The summed E-state index contributed by atoms with van der Waals surface area (Å²) in [6.45, 7) is 7.30. The maximum absolute atomic E-state index is 12.0. The number of hydrogen-bond donors (Lipinski definition) is 1. The second kappa shape index (κ2) is 6.85. The number of ether oxygens (including phenoxy) is 1. The molecular weight excluding hydrogens is 278 g/mol. The third-order valence-electron chi connectivity index (χ3n) is 2.78. The van der Waals surface area contributed by atoms with Crippen molar-refractivity contribution < 1.29 is 17.9 Å². The number of hydrogen-bond acceptors (Lipinski definition) is 4. The summed E-state index contributed by atoms with van der Waals surface area (Å²) >= 11 is 0. The molecule has 0 radical (unpaired) electrons. The fraction of sp³-hybridized carbons (Fsp3) is 0.500. The van der Waals surface area contributed by atoms with Crippen LogP contribution >= 0.6 is 0 Å². The second-order valence-corrected chi connectivity index (χ2v) is 6.70. The predicted octanol–water partition coefficient (Wildman–Crippen LogP) is 1.92. The van der Waals surface area contributed by atoms with Crippen molar-refractivity contribution in [2.45, 2.75) is 45.1 Å². The smallest absolute Gasteiger partial charge is 0.307 e. The van der Waals surface area contributed by atoms with Gasteiger partial charge in [-0.2, -0.15) is 0 Å². The average molecular weight is 299 g/mol. The molecule has 0 atom stereocenters. The van der Waals surface area contributed by atoms with Crippen LogP contribution in [0.15, 0.2) is 23.1 Å². The lowest BCUT2D eigenvalue weighted by Crippen LogP contribution is -2.27. The van der Waals surface area contributed by atoms with Gasteiger partial charge in [-0.1, -0.05) is 6.07 Å². The van der Waals surface area contributed by atoms with Gasteiger partial charge in [0, 0.05) is 6.54 Å². The molecule has 1 aromatic carbocycles. The van der Waals surface area contributed by atoms with E-state index >= 15 is 0 Å². The SMILES string of the molecule is Cc1ccc(S(=O)(=O)NCCC(=O)OC(C)C)cc1C. The molecule has 1 N–H and O–H groups in total. The Morgan fingerprint density at radius 3 is 2.45 bits per heavy atom. The molecule has 0 heterocycles. The van der Waals surface area contributed by atoms with Crippen molar-refractivity contribution >= 4 is 16.0 Å². The van der Waals surface area contributed by atoms with E-state index in [-0.39, 0.29) is 24.0 Å². The van der Waals surface area contributed by atoms with Gasteiger partial charge in [-0.25, -0.2) is 13.1 Å². The van der Waals surface area contributed by atoms with Gasteiger partial charge in [-0.05, 0) is 51.0 Å². The molecule has 0 aromatic heterocycles. The molecule has 0 saturated heterocycles. The topological polar surface area (TPSA) is 72.5 Å². The minimum Gasteiger partial charge on any atom is -0.463 e. The minimum atomic E-state index is -3.58. The summed E-state index contributed by atoms with van der Waals surface area (Å²) in [5, 5.41) is 0. The van der Waals surface area contributed by atoms with E-state index in [1.54, 1.807) is 32.0 Å². The number of carbonyl (C=O) groups is 1. The first-order chi connectivity index (χ1) is 9.22. The number of carbonyl (C=O) groups excluding carboxylic acids is 1. The molecule has 0 fully saturated rings. The fourth-order valence-corrected chi connectivity index (χ4v) is 2.69. The third-order valence-corrected chi connectivity index (χ3v) is 4.24. The summed E-state index contributed by atoms with van der Waals surface area (Å²) in [7, 11) is -3.58. The summed E-state index contributed by atoms with van der Waals surface area (Å²) in [5.74, 6) is -0.414. The van der Waals surface area contributed by atoms with Crippen LogP contribution in [0.5, 0.6) is 0 Å². The van der Waals surface area contributed by atoms with Crippen LogP contribution in [0.3, 0.4) is 0 Å². The molecule has 0 saturated carbocycles. The number of rotatable bonds is 6. The van der Waals surface area contributed by atoms with E-state index in [4.69, 9.17) is 4.74 Å². The highest BCUT2D eigenvalue weighted by molar-refractivity contribution is 7.89. The zero-order valence-electron chi connectivity index (χ0n) is 12.3. The molecule has 6 heteroatoms. The molecule has 1 aromatic rings. The lowest BCUT2D eigenvalue weighted by Gasteiger charge is -2.10. The Kier molecular flexibility index (Phi) is 5.71. The highest BCUT2D eigenvalue weighted by Crippen LogP contribution is 2.14. The predicted molar refractivity (Wildman–Crippen MR) is 76.9 cm³/mol. The summed E-state index contributed by atoms with van der Waals surface area (Å²) in [4.78, 5) is 11.5. The molecule has 5 nitrogen and oxygen atoms in total. The minimum absolute atomic E-state index is 0.0161. The second-order valence-electron chi connectivity index (χ2n) is 4.93. The largest absolute Gasteiger partial charge is 0.463 e. The van der Waals surface area contributed by atoms with E-state index in [0.717, 1.165) is 11.1 Å². The Labute approximate surface area is 120 Å². The van der Waals surface area contributed by atoms with Crippen molar-refractivity contribution in [2.24, 2.45) is 0 Å². The molecule has 0 bridgehead atoms. The van der Waals surface area contributed by atoms with Crippen molar-refractivity contribution in [1.82, 2.24) is 4.72 Å². The summed E-state index contributed by atoms with van der Waals surface area (Å²) in [5.41, 5.74) is 1.94. The Bertz CT molecular complexity index is 579. The number of benzene rings is 1. The molecule has 112 valence electrons. The highest BCUT2D eigenvalue weighted by Gasteiger charge is 2.15. The zero-order chi connectivity index (χ0) is 15.3. The van der Waals surface area contributed by atoms with Crippen LogP contribution in [0.1, 0.15) is 31.4 Å². The van der Waals surface area contributed by atoms with Crippen LogP contribution in [0.2, 0.25) is 0 Å². The molecular formula is C14H21NO4S. The Hall–Kier alpha value is -1.40. The number of aryl methyl sites for hydroxylation is 2. The first-order valence-electron chi connectivity index (χ1n) is 6.49. The lowest BCUT2D eigenvalue weighted by atomic mass is 10.1. The summed E-state index contributed by atoms with van der Waals surface area (Å²) in [6.07, 6.45) is -0.179. The van der Waals surface area contributed by atoms with Gasteiger partial charge in [0.25, 0.3) is 0 Å². The van der Waals surface area contributed by atoms with E-state index in [1.807, 2.05) is 13.8 Å². The van der Waals surface area contributed by atoms with E-state index in [9.17, 15) is 13.2 Å². The van der Waals surface area contributed by atoms with Crippen LogP contribution < -0.4 is 4.72 Å². The van der Waals surface area contributed by atoms with Gasteiger partial charge in [0.1, 0.15) is 0 Å². The molecule has 0 spiro atoms. The van der Waals surface area contributed by atoms with Gasteiger partial charge in [0.2, 0.25) is 10.0 Å². The van der Waals surface area contributed by atoms with Gasteiger partial charge >= 0.3 is 5.97 Å². The monoisotopic (exact) mass is 299 g/mol. The van der Waals surface area contributed by atoms with Gasteiger partial charge in [0.15, 0.2) is 0 Å². The van der Waals surface area contributed by atoms with Gasteiger partial charge in [-0.15, -0.1) is 0 Å². The molecule has 0 aliphatic rings. The van der Waals surface area contributed by atoms with E-state index in [1.165, 1.54) is 0 Å². The highest BCUT2D eigenvalue weighted by atomic mass is 32.2. The van der Waals surface area contributed by atoms with Crippen molar-refractivity contribution in [3.05, 3.63) is 29.3 Å². The summed E-state index contributed by atoms with van der Waals surface area (Å²) in [6, 6.07) is 4.93. The first kappa shape index (κ1) is 16.7. The Morgan fingerprint density at radius 1 is 1.25 bits per heavy atom. The lowest BCUT2D eigenvalue weighted by molar-refractivity contribution is -0.147. The maximum atomic E-state index is 12.0. The molecule has 20 heavy (non-hydrogen) atoms. The van der Waals surface area contributed by atoms with Crippen molar-refractivity contribution in [3.63, 3.8) is 0 Å². The van der Waals surface area contributed by atoms with Crippen LogP contribution in [0.25, 0.3) is 0 Å². The van der Waals surface area contributed by atoms with Crippen LogP contribution in [0, 0.1) is 13.8 Å². The Morgan fingerprint density at radius 2 is 1.90 bits per heavy atom. The van der Waals surface area contributed by atoms with Crippen molar-refractivity contribution in [1.29, 1.82) is 0 Å². The van der Waals surface area contributed by atoms with E-state index < -0.39 is 16.0 Å². The van der Waals surface area contributed by atoms with Gasteiger partial charge in [0.05, 0.1) is 17.4 Å². The maximum Gasteiger partial charge on any atom is 0.307 e. The number of esters is 1. The quantitative estimate of drug-likeness (QED) is 0.815. The third kappa shape index (κ3) is 4.94. The standard InChI is InChI=1S/C14H21NO4S/c1-10(2)19-14(16)7-8-15-20(17,18)13-6-5-11(3)12(4)9-13/h5-6,9-10,15H,7-8H2,1-4H3. The number of sulfonamides is 1. The molecule has 0 aliphatic heterocycles. The average Bonchev–Trinajstić information content (AvgIpc) is 2.31. The van der Waals surface area contributed by atoms with Crippen LogP contribution in [0.4, 0.5) is 0 Å². The van der Waals surface area contributed by atoms with E-state index in [2.05, 4.69) is 4.72 Å². The van der Waals surface area contributed by atoms with Gasteiger partial charge < -0.3 is 4.74 Å². The fourth-order valence-electron chi connectivity index (χ4n) is 1.57. The zero-order valence-corrected chi connectivity index (χ0v) is 13.1. The summed E-state index contributed by atoms with van der Waals surface area (Å²) < 4.78 is 31.4. The van der Waals surface area contributed by atoms with Crippen molar-refractivity contribution in [3.8, 4) is 0 Å². The van der Waals surface area contributed by atoms with Gasteiger partial charge in [-0.3, -0.25) is 4.79 Å². The van der Waals surface area contributed by atoms with Crippen LogP contribution in [-0.2, 0) is 19.6 Å². The normalized spacial score (nSPS) is 11.7. The number of nitrogens with one attached hydrogen (secondary N) is 1. The van der Waals surface area contributed by atoms with Crippen LogP contribution in [-0.4, -0.2) is 27.0 Å². The van der Waals surface area contributed by atoms with E-state index in [0.29, 0.717) is 0 Å². The first-order valence-corrected chi connectivity index (χ1v) is 7.97. The Balaban J connectivity index is 2.62. The van der Waals surface area contributed by atoms with Crippen molar-refractivity contribution in [2.75, 3.05) is 6.54 Å².